The number of halogens is 1. The molecule has 5 nitrogen and oxygen atoms in total. The van der Waals surface area contributed by atoms with Crippen LogP contribution >= 0.6 is 0 Å². The molecule has 0 radical (unpaired) electrons. The Kier molecular flexibility index (Phi) is 7.48. The van der Waals surface area contributed by atoms with Crippen LogP contribution in [-0.2, 0) is 6.42 Å². The Bertz CT molecular complexity index is 948. The predicted octanol–water partition coefficient (Wildman–Crippen LogP) is -0.178. The Morgan fingerprint density at radius 3 is 2.68 bits per heavy atom. The first-order valence-corrected chi connectivity index (χ1v) is 14.0. The number of carbonyl (C=O) groups is 1. The quantitative estimate of drug-likeness (QED) is 0.138. The number of carbonyl (C=O) groups excluding carboxylic acids is 1. The summed E-state index contributed by atoms with van der Waals surface area (Å²) in [6, 6.07) is 17.0. The molecule has 2 amide bonds. The third-order valence-corrected chi connectivity index (χ3v) is 8.48. The molecular weight excluding hydrogens is 499 g/mol. The number of benzene rings is 2. The molecule has 2 aromatic rings. The summed E-state index contributed by atoms with van der Waals surface area (Å²) in [6.07, 6.45) is 1.90. The van der Waals surface area contributed by atoms with Gasteiger partial charge in [0, 0.05) is 0 Å². The van der Waals surface area contributed by atoms with Crippen LogP contribution < -0.4 is 37.2 Å². The average molecular weight is 532 g/mol. The fourth-order valence-electron chi connectivity index (χ4n) is 3.90. The summed E-state index contributed by atoms with van der Waals surface area (Å²) in [7, 11) is 0. The molecule has 31 heavy (non-hydrogen) atoms. The van der Waals surface area contributed by atoms with E-state index in [4.69, 9.17) is 0 Å². The molecule has 166 valence electrons. The van der Waals surface area contributed by atoms with Crippen LogP contribution in [0.2, 0.25) is 0 Å². The molecule has 0 aliphatic carbocycles. The van der Waals surface area contributed by atoms with E-state index in [1.807, 2.05) is 0 Å². The third kappa shape index (κ3) is 6.45. The zero-order chi connectivity index (χ0) is 21.6. The number of amides is 2. The van der Waals surface area contributed by atoms with Crippen LogP contribution in [0.25, 0.3) is 0 Å². The molecule has 0 bridgehead atoms. The van der Waals surface area contributed by atoms with E-state index in [1.54, 1.807) is 0 Å². The van der Waals surface area contributed by atoms with Gasteiger partial charge in [0.05, 0.1) is 6.54 Å². The van der Waals surface area contributed by atoms with Gasteiger partial charge >= 0.3 is 160 Å². The van der Waals surface area contributed by atoms with Gasteiger partial charge in [-0.15, -0.1) is 0 Å². The minimum atomic E-state index is -0.0627. The van der Waals surface area contributed by atoms with E-state index in [0.717, 1.165) is 42.9 Å². The van der Waals surface area contributed by atoms with E-state index < -0.39 is 0 Å². The smallest absolute Gasteiger partial charge is 0.123 e. The monoisotopic (exact) mass is 532 g/mol. The summed E-state index contributed by atoms with van der Waals surface area (Å²) in [5.41, 5.74) is 4.83. The molecular formula is C25H33IN4O. The zero-order valence-corrected chi connectivity index (χ0v) is 20.6. The van der Waals surface area contributed by atoms with Crippen molar-refractivity contribution in [1.29, 1.82) is 0 Å². The number of aryl methyl sites for hydroxylation is 1. The molecule has 2 unspecified atom stereocenters. The summed E-state index contributed by atoms with van der Waals surface area (Å²) in [5.74, 6) is 1.21. The molecule has 6 heteroatoms. The maximum Gasteiger partial charge on any atom is 0.123 e. The van der Waals surface area contributed by atoms with Gasteiger partial charge in [0.2, 0.25) is 0 Å². The molecule has 2 atom stereocenters. The van der Waals surface area contributed by atoms with Crippen molar-refractivity contribution in [2.24, 2.45) is 0 Å². The summed E-state index contributed by atoms with van der Waals surface area (Å²) in [5, 5.41) is 9.84. The maximum atomic E-state index is 12.7. The predicted molar refractivity (Wildman–Crippen MR) is 122 cm³/mol. The second-order valence-corrected chi connectivity index (χ2v) is 11.8. The van der Waals surface area contributed by atoms with Crippen LogP contribution in [0.15, 0.2) is 48.5 Å². The van der Waals surface area contributed by atoms with Crippen molar-refractivity contribution >= 4 is 11.9 Å². The largest absolute Gasteiger partial charge is 0.254 e. The van der Waals surface area contributed by atoms with Crippen molar-refractivity contribution in [3.63, 3.8) is 0 Å². The van der Waals surface area contributed by atoms with Crippen molar-refractivity contribution in [1.82, 2.24) is 16.0 Å². The van der Waals surface area contributed by atoms with Crippen LogP contribution in [0.1, 0.15) is 41.6 Å². The van der Waals surface area contributed by atoms with Gasteiger partial charge in [-0.25, -0.2) is 0 Å². The Morgan fingerprint density at radius 1 is 1.16 bits per heavy atom. The minimum Gasteiger partial charge on any atom is -0.254 e. The average Bonchev–Trinajstić information content (AvgIpc) is 3.67. The number of urea groups is 1. The number of nitrogens with one attached hydrogen (secondary N) is 3. The van der Waals surface area contributed by atoms with E-state index >= 15 is 0 Å². The number of hydrogen-bond acceptors (Lipinski definition) is 1. The molecule has 2 aliphatic heterocycles. The molecule has 2 aromatic carbocycles. The molecule has 2 fully saturated rings. The Labute approximate surface area is 196 Å². The standard InChI is InChI=1S/C25H32IN4O/c1-3-27-24(30-13-14-30)20-9-6-8-19(15-20)16-23(22-10-5-4-7-18(22)2)29-25(31)28-12-11-21-17-26-21/h4-10,15,21,23H,3,11-14,16-17H2,1-2H3,(H2,28,29,31)/q-1/p+1. The topological polar surface area (TPSA) is 56.2 Å². The summed E-state index contributed by atoms with van der Waals surface area (Å²) < 4.78 is 4.71. The first-order valence-electron chi connectivity index (χ1n) is 11.3. The van der Waals surface area contributed by atoms with Crippen LogP contribution in [0, 0.1) is 6.92 Å². The number of alkyl halides is 2. The SMILES string of the molecule is CCNC(c1cccc(CC(NC(=O)NCCC2C[I-]2)c2ccccc2C)c1)=[N+]1CC1. The Balaban J connectivity index is 1.50. The summed E-state index contributed by atoms with van der Waals surface area (Å²) >= 11 is 0.455. The van der Waals surface area contributed by atoms with Crippen molar-refractivity contribution < 1.29 is 30.6 Å². The molecule has 2 saturated heterocycles. The van der Waals surface area contributed by atoms with Gasteiger partial charge in [0.1, 0.15) is 13.1 Å². The van der Waals surface area contributed by atoms with E-state index in [2.05, 4.69) is 82.9 Å². The van der Waals surface area contributed by atoms with E-state index in [1.165, 1.54) is 32.5 Å². The summed E-state index contributed by atoms with van der Waals surface area (Å²) in [4.78, 5) is 12.7. The van der Waals surface area contributed by atoms with Crippen molar-refractivity contribution in [3.05, 3.63) is 70.8 Å². The van der Waals surface area contributed by atoms with E-state index in [0.29, 0.717) is 21.2 Å². The van der Waals surface area contributed by atoms with E-state index in [9.17, 15) is 4.79 Å². The van der Waals surface area contributed by atoms with Gasteiger partial charge in [-0.1, -0.05) is 0 Å². The Morgan fingerprint density at radius 2 is 1.97 bits per heavy atom. The fraction of sp³-hybridized carbons (Fsp3) is 0.440. The van der Waals surface area contributed by atoms with Gasteiger partial charge in [0.25, 0.3) is 0 Å². The molecule has 4 rings (SSSR count). The maximum absolute atomic E-state index is 12.7. The number of nitrogens with zero attached hydrogens (tertiary/aromatic N) is 1. The molecule has 2 heterocycles. The third-order valence-electron chi connectivity index (χ3n) is 5.73. The first-order chi connectivity index (χ1) is 15.1. The molecule has 3 N–H and O–H groups in total. The van der Waals surface area contributed by atoms with Crippen LogP contribution in [0.4, 0.5) is 4.79 Å². The minimum absolute atomic E-state index is 0.0615. The van der Waals surface area contributed by atoms with Crippen LogP contribution in [-0.4, -0.2) is 51.0 Å². The van der Waals surface area contributed by atoms with Gasteiger partial charge in [-0.3, -0.25) is 9.89 Å². The Hall–Kier alpha value is -2.09. The van der Waals surface area contributed by atoms with Crippen LogP contribution in [0.5, 0.6) is 0 Å². The molecule has 0 aromatic heterocycles. The van der Waals surface area contributed by atoms with Crippen molar-refractivity contribution in [3.8, 4) is 0 Å². The normalized spacial score (nSPS) is 17.9. The van der Waals surface area contributed by atoms with E-state index in [-0.39, 0.29) is 12.1 Å². The van der Waals surface area contributed by atoms with Crippen LogP contribution in [0.3, 0.4) is 0 Å². The fourth-order valence-corrected chi connectivity index (χ4v) is 5.46. The second-order valence-electron chi connectivity index (χ2n) is 8.27. The molecule has 0 saturated carbocycles. The molecule has 2 aliphatic rings. The summed E-state index contributed by atoms with van der Waals surface area (Å²) in [6.45, 7) is 8.17. The van der Waals surface area contributed by atoms with Gasteiger partial charge < -0.3 is 0 Å². The van der Waals surface area contributed by atoms with Gasteiger partial charge in [0.15, 0.2) is 0 Å². The van der Waals surface area contributed by atoms with Gasteiger partial charge in [-0.05, 0) is 6.92 Å². The number of amidine groups is 1. The zero-order valence-electron chi connectivity index (χ0n) is 18.5. The number of rotatable bonds is 9. The first kappa shape index (κ1) is 22.1. The van der Waals surface area contributed by atoms with Gasteiger partial charge in [-0.2, -0.15) is 0 Å². The molecule has 0 spiro atoms. The van der Waals surface area contributed by atoms with Crippen molar-refractivity contribution in [2.45, 2.75) is 36.7 Å². The van der Waals surface area contributed by atoms with Crippen molar-refractivity contribution in [2.75, 3.05) is 30.6 Å². The second kappa shape index (κ2) is 10.5. The number of hydrogen-bond donors (Lipinski definition) is 3.